The Bertz CT molecular complexity index is 981. The molecule has 1 unspecified atom stereocenters. The molecule has 2 aromatic carbocycles. The first-order chi connectivity index (χ1) is 14.8. The molecule has 8 nitrogen and oxygen atoms in total. The maximum Gasteiger partial charge on any atom is 0.338 e. The van der Waals surface area contributed by atoms with Crippen molar-refractivity contribution >= 4 is 23.3 Å². The number of nitrogens with zero attached hydrogens (tertiary/aromatic N) is 2. The minimum atomic E-state index is -0.616. The second kappa shape index (κ2) is 9.70. The fourth-order valence-electron chi connectivity index (χ4n) is 4.06. The summed E-state index contributed by atoms with van der Waals surface area (Å²) in [5.74, 6) is -0.674. The molecule has 1 heterocycles. The smallest absolute Gasteiger partial charge is 0.338 e. The molecule has 1 atom stereocenters. The lowest BCUT2D eigenvalue weighted by Gasteiger charge is -2.24. The Balaban J connectivity index is 1.56. The number of amides is 1. The molecule has 0 bridgehead atoms. The topological polar surface area (TPSA) is 102 Å². The van der Waals surface area contributed by atoms with E-state index < -0.39 is 10.9 Å². The molecule has 0 spiro atoms. The molecule has 0 radical (unpaired) electrons. The van der Waals surface area contributed by atoms with Crippen LogP contribution in [0.3, 0.4) is 0 Å². The summed E-state index contributed by atoms with van der Waals surface area (Å²) in [5.41, 5.74) is 4.03. The minimum absolute atomic E-state index is 0.0578. The van der Waals surface area contributed by atoms with Crippen molar-refractivity contribution in [1.29, 1.82) is 0 Å². The third-order valence-electron chi connectivity index (χ3n) is 5.50. The van der Waals surface area contributed by atoms with E-state index in [4.69, 9.17) is 4.74 Å². The maximum atomic E-state index is 12.9. The van der Waals surface area contributed by atoms with Crippen LogP contribution in [0.4, 0.5) is 11.4 Å². The number of anilines is 1. The zero-order chi connectivity index (χ0) is 22.5. The van der Waals surface area contributed by atoms with Gasteiger partial charge in [0.05, 0.1) is 16.5 Å². The molecular formula is C23H27N3O5. The van der Waals surface area contributed by atoms with E-state index in [-0.39, 0.29) is 29.8 Å². The number of nitrogens with one attached hydrogen (secondary N) is 1. The molecule has 8 heteroatoms. The van der Waals surface area contributed by atoms with E-state index in [0.29, 0.717) is 6.54 Å². The monoisotopic (exact) mass is 425 g/mol. The van der Waals surface area contributed by atoms with Crippen molar-refractivity contribution in [3.8, 4) is 0 Å². The number of nitro benzene ring substituents is 1. The van der Waals surface area contributed by atoms with Gasteiger partial charge in [-0.05, 0) is 57.4 Å². The molecule has 1 saturated heterocycles. The summed E-state index contributed by atoms with van der Waals surface area (Å²) >= 11 is 0. The van der Waals surface area contributed by atoms with Crippen LogP contribution in [-0.4, -0.2) is 47.4 Å². The number of non-ortho nitro benzene ring substituents is 1. The van der Waals surface area contributed by atoms with Crippen molar-refractivity contribution in [3.63, 3.8) is 0 Å². The highest BCUT2D eigenvalue weighted by Crippen LogP contribution is 2.24. The number of likely N-dealkylation sites (tertiary alicyclic amines) is 1. The first-order valence-corrected chi connectivity index (χ1v) is 10.3. The summed E-state index contributed by atoms with van der Waals surface area (Å²) in [4.78, 5) is 37.4. The molecule has 0 aromatic heterocycles. The molecule has 1 aliphatic heterocycles. The predicted octanol–water partition coefficient (Wildman–Crippen LogP) is 3.78. The van der Waals surface area contributed by atoms with Gasteiger partial charge in [-0.1, -0.05) is 23.8 Å². The summed E-state index contributed by atoms with van der Waals surface area (Å²) in [5, 5.41) is 13.9. The number of esters is 1. The molecule has 1 fully saturated rings. The fourth-order valence-corrected chi connectivity index (χ4v) is 4.06. The van der Waals surface area contributed by atoms with Crippen LogP contribution in [0.2, 0.25) is 0 Å². The molecule has 164 valence electrons. The van der Waals surface area contributed by atoms with Gasteiger partial charge in [0.2, 0.25) is 5.91 Å². The van der Waals surface area contributed by atoms with E-state index in [1.54, 1.807) is 0 Å². The Kier molecular flexibility index (Phi) is 7.02. The Morgan fingerprint density at radius 1 is 1.19 bits per heavy atom. The number of nitro groups is 1. The first-order valence-electron chi connectivity index (χ1n) is 10.3. The lowest BCUT2D eigenvalue weighted by atomic mass is 10.0. The van der Waals surface area contributed by atoms with E-state index in [1.807, 2.05) is 37.8 Å². The van der Waals surface area contributed by atoms with E-state index in [0.717, 1.165) is 41.8 Å². The molecule has 0 saturated carbocycles. The second-order valence-corrected chi connectivity index (χ2v) is 7.90. The number of ether oxygens (including phenoxy) is 1. The summed E-state index contributed by atoms with van der Waals surface area (Å²) in [7, 11) is 0. The standard InChI is InChI=1S/C23H27N3O5/c1-15-12-16(2)21(17(3)13-15)24-22(27)20-8-5-9-25(20)10-11-31-23(28)18-6-4-7-19(14-18)26(29)30/h4,6-7,12-14,20H,5,8-11H2,1-3H3,(H,24,27). The van der Waals surface area contributed by atoms with Crippen LogP contribution in [0.15, 0.2) is 36.4 Å². The van der Waals surface area contributed by atoms with Crippen molar-refractivity contribution < 1.29 is 19.2 Å². The van der Waals surface area contributed by atoms with Gasteiger partial charge < -0.3 is 10.1 Å². The lowest BCUT2D eigenvalue weighted by Crippen LogP contribution is -2.41. The summed E-state index contributed by atoms with van der Waals surface area (Å²) < 4.78 is 5.29. The van der Waals surface area contributed by atoms with Gasteiger partial charge in [-0.15, -0.1) is 0 Å². The quantitative estimate of drug-likeness (QED) is 0.411. The van der Waals surface area contributed by atoms with Gasteiger partial charge in [0.25, 0.3) is 5.69 Å². The highest BCUT2D eigenvalue weighted by atomic mass is 16.6. The van der Waals surface area contributed by atoms with Gasteiger partial charge in [-0.25, -0.2) is 4.79 Å². The summed E-state index contributed by atoms with van der Waals surface area (Å²) in [6, 6.07) is 9.25. The van der Waals surface area contributed by atoms with Gasteiger partial charge in [-0.2, -0.15) is 0 Å². The zero-order valence-corrected chi connectivity index (χ0v) is 18.0. The average Bonchev–Trinajstić information content (AvgIpc) is 3.19. The molecule has 1 amide bonds. The minimum Gasteiger partial charge on any atom is -0.461 e. The third kappa shape index (κ3) is 5.46. The molecular weight excluding hydrogens is 398 g/mol. The Morgan fingerprint density at radius 3 is 2.58 bits per heavy atom. The number of rotatable bonds is 7. The van der Waals surface area contributed by atoms with E-state index in [2.05, 4.69) is 5.32 Å². The Hall–Kier alpha value is -3.26. The molecule has 1 N–H and O–H groups in total. The van der Waals surface area contributed by atoms with Crippen LogP contribution in [-0.2, 0) is 9.53 Å². The maximum absolute atomic E-state index is 12.9. The lowest BCUT2D eigenvalue weighted by molar-refractivity contribution is -0.384. The average molecular weight is 425 g/mol. The normalized spacial score (nSPS) is 16.2. The van der Waals surface area contributed by atoms with Crippen LogP contribution < -0.4 is 5.32 Å². The van der Waals surface area contributed by atoms with Crippen molar-refractivity contribution in [1.82, 2.24) is 4.90 Å². The third-order valence-corrected chi connectivity index (χ3v) is 5.50. The Morgan fingerprint density at radius 2 is 1.90 bits per heavy atom. The zero-order valence-electron chi connectivity index (χ0n) is 18.0. The van der Waals surface area contributed by atoms with Gasteiger partial charge in [-0.3, -0.25) is 19.8 Å². The van der Waals surface area contributed by atoms with Crippen molar-refractivity contribution in [3.05, 3.63) is 68.8 Å². The molecule has 2 aromatic rings. The van der Waals surface area contributed by atoms with Crippen molar-refractivity contribution in [2.45, 2.75) is 39.7 Å². The number of carbonyl (C=O) groups is 2. The largest absolute Gasteiger partial charge is 0.461 e. The van der Waals surface area contributed by atoms with Crippen LogP contribution in [0.25, 0.3) is 0 Å². The number of carbonyl (C=O) groups excluding carboxylic acids is 2. The van der Waals surface area contributed by atoms with Crippen molar-refractivity contribution in [2.24, 2.45) is 0 Å². The number of hydrogen-bond acceptors (Lipinski definition) is 6. The number of benzene rings is 2. The van der Waals surface area contributed by atoms with Gasteiger partial charge in [0.1, 0.15) is 6.61 Å². The van der Waals surface area contributed by atoms with Crippen LogP contribution in [0.1, 0.15) is 39.9 Å². The molecule has 1 aliphatic rings. The molecule has 31 heavy (non-hydrogen) atoms. The second-order valence-electron chi connectivity index (χ2n) is 7.90. The number of hydrogen-bond donors (Lipinski definition) is 1. The summed E-state index contributed by atoms with van der Waals surface area (Å²) in [6.07, 6.45) is 1.64. The first kappa shape index (κ1) is 22.4. The highest BCUT2D eigenvalue weighted by molar-refractivity contribution is 5.96. The predicted molar refractivity (Wildman–Crippen MR) is 117 cm³/mol. The van der Waals surface area contributed by atoms with Gasteiger partial charge in [0, 0.05) is 24.4 Å². The SMILES string of the molecule is Cc1cc(C)c(NC(=O)C2CCCN2CCOC(=O)c2cccc([N+](=O)[O-])c2)c(C)c1. The van der Waals surface area contributed by atoms with E-state index in [1.165, 1.54) is 24.3 Å². The number of aryl methyl sites for hydroxylation is 3. The van der Waals surface area contributed by atoms with Crippen LogP contribution >= 0.6 is 0 Å². The fraction of sp³-hybridized carbons (Fsp3) is 0.391. The molecule has 3 rings (SSSR count). The van der Waals surface area contributed by atoms with Crippen LogP contribution in [0, 0.1) is 30.9 Å². The van der Waals surface area contributed by atoms with E-state index in [9.17, 15) is 19.7 Å². The van der Waals surface area contributed by atoms with Crippen molar-refractivity contribution in [2.75, 3.05) is 25.0 Å². The summed E-state index contributed by atoms with van der Waals surface area (Å²) in [6.45, 7) is 7.26. The van der Waals surface area contributed by atoms with Gasteiger partial charge in [0.15, 0.2) is 0 Å². The highest BCUT2D eigenvalue weighted by Gasteiger charge is 2.31. The Labute approximate surface area is 181 Å². The van der Waals surface area contributed by atoms with E-state index >= 15 is 0 Å². The molecule has 0 aliphatic carbocycles. The van der Waals surface area contributed by atoms with Crippen LogP contribution in [0.5, 0.6) is 0 Å². The van der Waals surface area contributed by atoms with Gasteiger partial charge >= 0.3 is 5.97 Å².